The van der Waals surface area contributed by atoms with Crippen molar-refractivity contribution < 1.29 is 9.53 Å². The third kappa shape index (κ3) is 3.44. The summed E-state index contributed by atoms with van der Waals surface area (Å²) in [5.41, 5.74) is 0.811. The van der Waals surface area contributed by atoms with Crippen molar-refractivity contribution in [2.24, 2.45) is 0 Å². The summed E-state index contributed by atoms with van der Waals surface area (Å²) in [6.07, 6.45) is 4.51. The molecular weight excluding hydrogens is 272 g/mol. The molecule has 2 heterocycles. The number of aromatic nitrogens is 3. The molecule has 1 amide bonds. The zero-order chi connectivity index (χ0) is 15.2. The van der Waals surface area contributed by atoms with Crippen molar-refractivity contribution in [1.29, 1.82) is 0 Å². The van der Waals surface area contributed by atoms with Crippen LogP contribution in [0.15, 0.2) is 35.6 Å². The number of amides is 1. The van der Waals surface area contributed by atoms with Gasteiger partial charge in [-0.25, -0.2) is 9.97 Å². The molecule has 2 aromatic rings. The molecule has 0 atom stereocenters. The van der Waals surface area contributed by atoms with Crippen LogP contribution in [0, 0.1) is 6.92 Å². The molecule has 0 aliphatic rings. The van der Waals surface area contributed by atoms with Gasteiger partial charge in [-0.3, -0.25) is 14.2 Å². The third-order valence-corrected chi connectivity index (χ3v) is 2.92. The maximum atomic E-state index is 12.0. The molecule has 0 aromatic carbocycles. The molecule has 0 aliphatic heterocycles. The monoisotopic (exact) mass is 288 g/mol. The average Bonchev–Trinajstić information content (AvgIpc) is 2.51. The number of carbonyl (C=O) groups excluding carboxylic acids is 1. The van der Waals surface area contributed by atoms with E-state index < -0.39 is 0 Å². The number of hydrogen-bond donors (Lipinski definition) is 1. The number of ether oxygens (including phenoxy) is 1. The predicted molar refractivity (Wildman–Crippen MR) is 76.4 cm³/mol. The Bertz CT molecular complexity index is 697. The minimum Gasteiger partial charge on any atom is -0.480 e. The van der Waals surface area contributed by atoms with E-state index >= 15 is 0 Å². The van der Waals surface area contributed by atoms with E-state index in [4.69, 9.17) is 4.74 Å². The zero-order valence-corrected chi connectivity index (χ0v) is 11.9. The Morgan fingerprint density at radius 3 is 3.05 bits per heavy atom. The number of hydrogen-bond acceptors (Lipinski definition) is 5. The van der Waals surface area contributed by atoms with E-state index in [1.807, 2.05) is 0 Å². The van der Waals surface area contributed by atoms with E-state index in [-0.39, 0.29) is 17.3 Å². The topological polar surface area (TPSA) is 86.1 Å². The Kier molecular flexibility index (Phi) is 4.65. The molecule has 110 valence electrons. The lowest BCUT2D eigenvalue weighted by molar-refractivity contribution is 0.0948. The quantitative estimate of drug-likeness (QED) is 0.860. The Hall–Kier alpha value is -2.70. The fourth-order valence-corrected chi connectivity index (χ4v) is 1.83. The highest BCUT2D eigenvalue weighted by atomic mass is 16.5. The van der Waals surface area contributed by atoms with E-state index in [9.17, 15) is 9.59 Å². The first kappa shape index (κ1) is 14.7. The Morgan fingerprint density at radius 2 is 2.29 bits per heavy atom. The summed E-state index contributed by atoms with van der Waals surface area (Å²) in [5, 5.41) is 2.72. The van der Waals surface area contributed by atoms with E-state index in [2.05, 4.69) is 15.3 Å². The summed E-state index contributed by atoms with van der Waals surface area (Å²) in [6, 6.07) is 3.29. The Labute approximate surface area is 121 Å². The maximum Gasteiger partial charge on any atom is 0.256 e. The van der Waals surface area contributed by atoms with Crippen LogP contribution in [0.1, 0.15) is 15.9 Å². The second kappa shape index (κ2) is 6.65. The number of rotatable bonds is 5. The molecule has 0 spiro atoms. The highest BCUT2D eigenvalue weighted by Gasteiger charge is 2.12. The first-order chi connectivity index (χ1) is 10.1. The summed E-state index contributed by atoms with van der Waals surface area (Å²) in [5.74, 6) is -0.0296. The van der Waals surface area contributed by atoms with Gasteiger partial charge in [0, 0.05) is 31.0 Å². The van der Waals surface area contributed by atoms with E-state index in [1.54, 1.807) is 25.3 Å². The van der Waals surface area contributed by atoms with Crippen LogP contribution >= 0.6 is 0 Å². The molecule has 0 bridgehead atoms. The molecule has 7 heteroatoms. The minimum absolute atomic E-state index is 0.113. The fraction of sp³-hybridized carbons (Fsp3) is 0.286. The molecule has 0 saturated carbocycles. The maximum absolute atomic E-state index is 12.0. The first-order valence-electron chi connectivity index (χ1n) is 6.41. The second-order valence-corrected chi connectivity index (χ2v) is 4.39. The van der Waals surface area contributed by atoms with Crippen LogP contribution in [0.3, 0.4) is 0 Å². The van der Waals surface area contributed by atoms with Crippen LogP contribution in [-0.2, 0) is 6.54 Å². The van der Waals surface area contributed by atoms with Crippen molar-refractivity contribution in [2.45, 2.75) is 13.5 Å². The van der Waals surface area contributed by atoms with Gasteiger partial charge in [-0.1, -0.05) is 0 Å². The normalized spacial score (nSPS) is 10.2. The Morgan fingerprint density at radius 1 is 1.48 bits per heavy atom. The van der Waals surface area contributed by atoms with Gasteiger partial charge in [-0.05, 0) is 19.1 Å². The standard InChI is InChI=1S/C14H16N4O3/c1-10-8-15-9-18(14(10)20)7-6-16-12(19)11-4-3-5-17-13(11)21-2/h3-5,8-9H,6-7H2,1-2H3,(H,16,19). The predicted octanol–water partition coefficient (Wildman–Crippen LogP) is 0.385. The molecule has 21 heavy (non-hydrogen) atoms. The molecule has 0 fully saturated rings. The molecule has 7 nitrogen and oxygen atoms in total. The van der Waals surface area contributed by atoms with Gasteiger partial charge >= 0.3 is 0 Å². The van der Waals surface area contributed by atoms with Gasteiger partial charge in [0.1, 0.15) is 5.56 Å². The zero-order valence-electron chi connectivity index (χ0n) is 11.9. The van der Waals surface area contributed by atoms with Crippen LogP contribution in [0.4, 0.5) is 0 Å². The summed E-state index contributed by atoms with van der Waals surface area (Å²) < 4.78 is 6.48. The van der Waals surface area contributed by atoms with Crippen molar-refractivity contribution in [3.63, 3.8) is 0 Å². The molecular formula is C14H16N4O3. The van der Waals surface area contributed by atoms with Gasteiger partial charge in [0.2, 0.25) is 5.88 Å². The molecule has 1 N–H and O–H groups in total. The highest BCUT2D eigenvalue weighted by Crippen LogP contribution is 2.12. The summed E-state index contributed by atoms with van der Waals surface area (Å²) in [7, 11) is 1.46. The van der Waals surface area contributed by atoms with Gasteiger partial charge in [0.25, 0.3) is 11.5 Å². The average molecular weight is 288 g/mol. The lowest BCUT2D eigenvalue weighted by Crippen LogP contribution is -2.31. The molecule has 2 aromatic heterocycles. The van der Waals surface area contributed by atoms with E-state index in [0.717, 1.165) is 0 Å². The summed E-state index contributed by atoms with van der Waals surface area (Å²) in [4.78, 5) is 31.7. The SMILES string of the molecule is COc1ncccc1C(=O)NCCn1cncc(C)c1=O. The van der Waals surface area contributed by atoms with Crippen LogP contribution in [0.2, 0.25) is 0 Å². The largest absolute Gasteiger partial charge is 0.480 e. The number of pyridine rings is 1. The lowest BCUT2D eigenvalue weighted by atomic mass is 10.2. The fourth-order valence-electron chi connectivity index (χ4n) is 1.83. The third-order valence-electron chi connectivity index (χ3n) is 2.92. The van der Waals surface area contributed by atoms with Crippen LogP contribution < -0.4 is 15.6 Å². The van der Waals surface area contributed by atoms with Crippen molar-refractivity contribution in [3.05, 3.63) is 52.3 Å². The van der Waals surface area contributed by atoms with Crippen molar-refractivity contribution in [2.75, 3.05) is 13.7 Å². The number of nitrogens with zero attached hydrogens (tertiary/aromatic N) is 3. The van der Waals surface area contributed by atoms with E-state index in [0.29, 0.717) is 24.2 Å². The van der Waals surface area contributed by atoms with Gasteiger partial charge in [-0.15, -0.1) is 0 Å². The number of methoxy groups -OCH3 is 1. The Balaban J connectivity index is 1.99. The first-order valence-corrected chi connectivity index (χ1v) is 6.41. The highest BCUT2D eigenvalue weighted by molar-refractivity contribution is 5.96. The smallest absolute Gasteiger partial charge is 0.256 e. The van der Waals surface area contributed by atoms with Crippen molar-refractivity contribution in [1.82, 2.24) is 19.9 Å². The van der Waals surface area contributed by atoms with E-state index in [1.165, 1.54) is 24.2 Å². The van der Waals surface area contributed by atoms with Crippen molar-refractivity contribution in [3.8, 4) is 5.88 Å². The van der Waals surface area contributed by atoms with Gasteiger partial charge in [0.15, 0.2) is 0 Å². The molecule has 0 aliphatic carbocycles. The van der Waals surface area contributed by atoms with Crippen molar-refractivity contribution >= 4 is 5.91 Å². The van der Waals surface area contributed by atoms with Crippen LogP contribution in [0.25, 0.3) is 0 Å². The lowest BCUT2D eigenvalue weighted by Gasteiger charge is -2.09. The molecule has 2 rings (SSSR count). The number of carbonyl (C=O) groups is 1. The van der Waals surface area contributed by atoms with Gasteiger partial charge in [0.05, 0.1) is 13.4 Å². The van der Waals surface area contributed by atoms with Crippen LogP contribution in [0.5, 0.6) is 5.88 Å². The molecule has 0 unspecified atom stereocenters. The summed E-state index contributed by atoms with van der Waals surface area (Å²) in [6.45, 7) is 2.36. The summed E-state index contributed by atoms with van der Waals surface area (Å²) >= 11 is 0. The molecule has 0 radical (unpaired) electrons. The molecule has 0 saturated heterocycles. The van der Waals surface area contributed by atoms with Gasteiger partial charge < -0.3 is 10.1 Å². The number of nitrogens with one attached hydrogen (secondary N) is 1. The number of aryl methyl sites for hydroxylation is 1. The minimum atomic E-state index is -0.298. The van der Waals surface area contributed by atoms with Crippen LogP contribution in [-0.4, -0.2) is 34.1 Å². The van der Waals surface area contributed by atoms with Gasteiger partial charge in [-0.2, -0.15) is 0 Å². The second-order valence-electron chi connectivity index (χ2n) is 4.39.